The summed E-state index contributed by atoms with van der Waals surface area (Å²) in [6.07, 6.45) is 3.33. The molecule has 1 N–H and O–H groups in total. The highest BCUT2D eigenvalue weighted by Gasteiger charge is 1.97. The van der Waals surface area contributed by atoms with Gasteiger partial charge >= 0.3 is 0 Å². The van der Waals surface area contributed by atoms with Gasteiger partial charge in [-0.1, -0.05) is 13.8 Å². The summed E-state index contributed by atoms with van der Waals surface area (Å²) in [5.74, 6) is 1.66. The van der Waals surface area contributed by atoms with Crippen molar-refractivity contribution in [3.63, 3.8) is 0 Å². The van der Waals surface area contributed by atoms with Crippen LogP contribution in [0.5, 0.6) is 5.75 Å². The molecule has 1 heterocycles. The molecule has 0 aliphatic rings. The van der Waals surface area contributed by atoms with E-state index in [2.05, 4.69) is 10.3 Å². The van der Waals surface area contributed by atoms with E-state index in [0.717, 1.165) is 31.0 Å². The van der Waals surface area contributed by atoms with E-state index in [9.17, 15) is 4.79 Å². The summed E-state index contributed by atoms with van der Waals surface area (Å²) in [7, 11) is 0. The number of Topliss-reactive ketones (excluding diaryl/α,β-unsaturated/α-hetero) is 1. The van der Waals surface area contributed by atoms with Crippen molar-refractivity contribution >= 4 is 11.6 Å². The number of aromatic nitrogens is 1. The Balaban J connectivity index is 0. The molecule has 1 rings (SSSR count). The Morgan fingerprint density at radius 3 is 2.38 bits per heavy atom. The molecule has 24 heavy (non-hydrogen) atoms. The SMILES string of the molecule is CC.CCNc1ccc(OCCCOCCCOCC(C)=O)cn1.[HH]. The standard InChI is InChI=1S/C16H26N2O4.C2H6.H2/c1-3-17-16-7-6-15(12-18-16)22-11-5-9-20-8-4-10-21-13-14(2)19;1-2;/h6-7,12H,3-5,8-11,13H2,1-2H3,(H,17,18);1-2H3;1H. The van der Waals surface area contributed by atoms with Gasteiger partial charge in [-0.15, -0.1) is 0 Å². The molecule has 0 aliphatic heterocycles. The monoisotopic (exact) mass is 342 g/mol. The highest BCUT2D eigenvalue weighted by Crippen LogP contribution is 2.11. The van der Waals surface area contributed by atoms with Crippen molar-refractivity contribution < 1.29 is 20.4 Å². The summed E-state index contributed by atoms with van der Waals surface area (Å²) in [5, 5.41) is 3.13. The van der Waals surface area contributed by atoms with Crippen LogP contribution in [0.2, 0.25) is 0 Å². The lowest BCUT2D eigenvalue weighted by Gasteiger charge is -2.08. The van der Waals surface area contributed by atoms with Crippen LogP contribution in [-0.2, 0) is 14.3 Å². The molecule has 0 saturated carbocycles. The third-order valence-electron chi connectivity index (χ3n) is 2.68. The molecule has 0 radical (unpaired) electrons. The lowest BCUT2D eigenvalue weighted by atomic mass is 10.4. The number of hydrogen-bond acceptors (Lipinski definition) is 6. The van der Waals surface area contributed by atoms with Gasteiger partial charge in [0.05, 0.1) is 12.8 Å². The number of carbonyl (C=O) groups excluding carboxylic acids is 1. The maximum atomic E-state index is 10.6. The first kappa shape index (κ1) is 22.3. The van der Waals surface area contributed by atoms with E-state index >= 15 is 0 Å². The lowest BCUT2D eigenvalue weighted by Crippen LogP contribution is -2.08. The van der Waals surface area contributed by atoms with Gasteiger partial charge in [-0.3, -0.25) is 4.79 Å². The molecule has 0 bridgehead atoms. The summed E-state index contributed by atoms with van der Waals surface area (Å²) >= 11 is 0. The van der Waals surface area contributed by atoms with Crippen LogP contribution >= 0.6 is 0 Å². The van der Waals surface area contributed by atoms with E-state index in [1.54, 1.807) is 6.20 Å². The van der Waals surface area contributed by atoms with Gasteiger partial charge in [0, 0.05) is 34.2 Å². The Kier molecular flexibility index (Phi) is 15.1. The van der Waals surface area contributed by atoms with E-state index in [1.165, 1.54) is 6.92 Å². The fraction of sp³-hybridized carbons (Fsp3) is 0.667. The lowest BCUT2D eigenvalue weighted by molar-refractivity contribution is -0.121. The van der Waals surface area contributed by atoms with Crippen LogP contribution in [0.25, 0.3) is 0 Å². The molecular formula is C18H34N2O4. The van der Waals surface area contributed by atoms with Gasteiger partial charge in [0.1, 0.15) is 18.2 Å². The van der Waals surface area contributed by atoms with Crippen LogP contribution in [0, 0.1) is 0 Å². The van der Waals surface area contributed by atoms with Crippen molar-refractivity contribution in [1.29, 1.82) is 0 Å². The molecule has 0 saturated heterocycles. The number of anilines is 1. The second kappa shape index (κ2) is 16.2. The highest BCUT2D eigenvalue weighted by molar-refractivity contribution is 5.76. The molecule has 1 aromatic heterocycles. The molecule has 0 amide bonds. The molecule has 0 unspecified atom stereocenters. The number of ether oxygens (including phenoxy) is 3. The zero-order chi connectivity index (χ0) is 18.0. The first-order valence-corrected chi connectivity index (χ1v) is 8.70. The largest absolute Gasteiger partial charge is 0.492 e. The molecular weight excluding hydrogens is 308 g/mol. The fourth-order valence-corrected chi connectivity index (χ4v) is 1.68. The minimum absolute atomic E-state index is 0. The fourth-order valence-electron chi connectivity index (χ4n) is 1.68. The van der Waals surface area contributed by atoms with Gasteiger partial charge in [0.15, 0.2) is 5.78 Å². The van der Waals surface area contributed by atoms with E-state index in [-0.39, 0.29) is 13.8 Å². The third kappa shape index (κ3) is 12.8. The smallest absolute Gasteiger partial charge is 0.155 e. The summed E-state index contributed by atoms with van der Waals surface area (Å²) in [6.45, 7) is 11.0. The second-order valence-electron chi connectivity index (χ2n) is 4.83. The van der Waals surface area contributed by atoms with Crippen LogP contribution < -0.4 is 10.1 Å². The van der Waals surface area contributed by atoms with E-state index < -0.39 is 0 Å². The number of nitrogens with zero attached hydrogens (tertiary/aromatic N) is 1. The summed E-state index contributed by atoms with van der Waals surface area (Å²) in [4.78, 5) is 14.9. The first-order chi connectivity index (χ1) is 11.7. The van der Waals surface area contributed by atoms with Crippen LogP contribution in [0.15, 0.2) is 18.3 Å². The van der Waals surface area contributed by atoms with Crippen molar-refractivity contribution in [1.82, 2.24) is 4.98 Å². The Morgan fingerprint density at radius 2 is 1.79 bits per heavy atom. The Hall–Kier alpha value is -1.66. The normalized spacial score (nSPS) is 9.83. The number of ketones is 1. The second-order valence-corrected chi connectivity index (χ2v) is 4.83. The van der Waals surface area contributed by atoms with Crippen molar-refractivity contribution in [2.24, 2.45) is 0 Å². The van der Waals surface area contributed by atoms with E-state index in [1.807, 2.05) is 32.9 Å². The van der Waals surface area contributed by atoms with Crippen molar-refractivity contribution in [2.75, 3.05) is 44.9 Å². The van der Waals surface area contributed by atoms with Gasteiger partial charge in [-0.2, -0.15) is 0 Å². The average Bonchev–Trinajstić information content (AvgIpc) is 2.60. The molecule has 0 aromatic carbocycles. The molecule has 6 heteroatoms. The minimum atomic E-state index is 0. The predicted molar refractivity (Wildman–Crippen MR) is 98.9 cm³/mol. The summed E-state index contributed by atoms with van der Waals surface area (Å²) in [5.41, 5.74) is 0. The number of pyridine rings is 1. The Labute approximate surface area is 147 Å². The van der Waals surface area contributed by atoms with Crippen molar-refractivity contribution in [3.05, 3.63) is 18.3 Å². The number of nitrogens with one attached hydrogen (secondary N) is 1. The predicted octanol–water partition coefficient (Wildman–Crippen LogP) is 3.57. The first-order valence-electron chi connectivity index (χ1n) is 8.70. The maximum absolute atomic E-state index is 10.6. The van der Waals surface area contributed by atoms with Crippen LogP contribution in [0.1, 0.15) is 42.0 Å². The zero-order valence-electron chi connectivity index (χ0n) is 15.5. The molecule has 140 valence electrons. The van der Waals surface area contributed by atoms with Gasteiger partial charge < -0.3 is 19.5 Å². The van der Waals surface area contributed by atoms with Gasteiger partial charge in [0.2, 0.25) is 0 Å². The average molecular weight is 342 g/mol. The Morgan fingerprint density at radius 1 is 1.12 bits per heavy atom. The van der Waals surface area contributed by atoms with Gasteiger partial charge in [-0.25, -0.2) is 4.98 Å². The molecule has 6 nitrogen and oxygen atoms in total. The number of carbonyl (C=O) groups is 1. The highest BCUT2D eigenvalue weighted by atomic mass is 16.5. The summed E-state index contributed by atoms with van der Waals surface area (Å²) in [6, 6.07) is 3.80. The van der Waals surface area contributed by atoms with Crippen LogP contribution in [-0.4, -0.2) is 50.3 Å². The number of hydrogen-bond donors (Lipinski definition) is 1. The van der Waals surface area contributed by atoms with Crippen LogP contribution in [0.3, 0.4) is 0 Å². The molecule has 0 spiro atoms. The maximum Gasteiger partial charge on any atom is 0.155 e. The van der Waals surface area contributed by atoms with E-state index in [4.69, 9.17) is 14.2 Å². The topological polar surface area (TPSA) is 69.7 Å². The molecule has 1 aromatic rings. The number of rotatable bonds is 13. The van der Waals surface area contributed by atoms with Gasteiger partial charge in [0.25, 0.3) is 0 Å². The summed E-state index contributed by atoms with van der Waals surface area (Å²) < 4.78 is 16.2. The molecule has 0 atom stereocenters. The quantitative estimate of drug-likeness (QED) is 0.553. The zero-order valence-corrected chi connectivity index (χ0v) is 15.5. The molecule has 0 fully saturated rings. The minimum Gasteiger partial charge on any atom is -0.492 e. The Bertz CT molecular complexity index is 416. The van der Waals surface area contributed by atoms with Crippen molar-refractivity contribution in [2.45, 2.75) is 40.5 Å². The molecule has 0 aliphatic carbocycles. The van der Waals surface area contributed by atoms with Crippen molar-refractivity contribution in [3.8, 4) is 5.75 Å². The van der Waals surface area contributed by atoms with Gasteiger partial charge in [-0.05, 0) is 32.4 Å². The van der Waals surface area contributed by atoms with Crippen LogP contribution in [0.4, 0.5) is 5.82 Å². The third-order valence-corrected chi connectivity index (χ3v) is 2.68. The van der Waals surface area contributed by atoms with E-state index in [0.29, 0.717) is 26.4 Å².